The summed E-state index contributed by atoms with van der Waals surface area (Å²) in [5.41, 5.74) is 0.511. The van der Waals surface area contributed by atoms with Crippen LogP contribution in [0, 0.1) is 5.41 Å². The van der Waals surface area contributed by atoms with Crippen LogP contribution in [0.4, 0.5) is 4.79 Å². The van der Waals surface area contributed by atoms with Gasteiger partial charge >= 0.3 is 6.09 Å². The molecule has 2 heterocycles. The molecule has 0 unspecified atom stereocenters. The van der Waals surface area contributed by atoms with Gasteiger partial charge in [-0.3, -0.25) is 0 Å². The average molecular weight is 269 g/mol. The van der Waals surface area contributed by atoms with Crippen LogP contribution in [-0.4, -0.2) is 55.1 Å². The van der Waals surface area contributed by atoms with Crippen molar-refractivity contribution in [2.45, 2.75) is 33.3 Å². The van der Waals surface area contributed by atoms with Crippen LogP contribution >= 0.6 is 0 Å². The van der Waals surface area contributed by atoms with E-state index < -0.39 is 5.60 Å². The smallest absolute Gasteiger partial charge is 0.410 e. The molecule has 0 aliphatic carbocycles. The molecule has 1 amide bonds. The molecule has 0 saturated carbocycles. The zero-order valence-electron chi connectivity index (χ0n) is 12.2. The molecule has 2 fully saturated rings. The zero-order chi connectivity index (χ0) is 14.1. The van der Waals surface area contributed by atoms with Gasteiger partial charge < -0.3 is 19.8 Å². The first-order valence-electron chi connectivity index (χ1n) is 6.74. The number of carbonyl (C=O) groups is 1. The van der Waals surface area contributed by atoms with Crippen molar-refractivity contribution >= 4 is 11.8 Å². The van der Waals surface area contributed by atoms with Gasteiger partial charge in [0.15, 0.2) is 0 Å². The number of hydrogen-bond acceptors (Lipinski definition) is 5. The Morgan fingerprint density at radius 3 is 2.74 bits per heavy atom. The molecule has 2 saturated heterocycles. The van der Waals surface area contributed by atoms with Crippen LogP contribution in [0.15, 0.2) is 5.16 Å². The summed E-state index contributed by atoms with van der Waals surface area (Å²) in [6.45, 7) is 11.0. The Balaban J connectivity index is 1.92. The fourth-order valence-electron chi connectivity index (χ4n) is 2.42. The SMILES string of the molecule is CCO/N=C1/CNCC12CN(C(=O)OC(C)(C)C)C2. The summed E-state index contributed by atoms with van der Waals surface area (Å²) >= 11 is 0. The molecule has 6 heteroatoms. The Morgan fingerprint density at radius 2 is 2.16 bits per heavy atom. The lowest BCUT2D eigenvalue weighted by Crippen LogP contribution is -2.63. The van der Waals surface area contributed by atoms with Crippen LogP contribution in [0.3, 0.4) is 0 Å². The van der Waals surface area contributed by atoms with Crippen LogP contribution in [0.2, 0.25) is 0 Å². The van der Waals surface area contributed by atoms with E-state index in [-0.39, 0.29) is 11.5 Å². The van der Waals surface area contributed by atoms with Gasteiger partial charge in [-0.15, -0.1) is 0 Å². The van der Waals surface area contributed by atoms with Gasteiger partial charge in [0, 0.05) is 26.2 Å². The Labute approximate surface area is 114 Å². The molecule has 108 valence electrons. The lowest BCUT2D eigenvalue weighted by Gasteiger charge is -2.47. The number of hydrogen-bond donors (Lipinski definition) is 1. The molecule has 0 radical (unpaired) electrons. The van der Waals surface area contributed by atoms with Crippen molar-refractivity contribution in [3.63, 3.8) is 0 Å². The van der Waals surface area contributed by atoms with E-state index in [4.69, 9.17) is 9.57 Å². The van der Waals surface area contributed by atoms with Crippen LogP contribution in [0.1, 0.15) is 27.7 Å². The van der Waals surface area contributed by atoms with E-state index in [0.29, 0.717) is 19.7 Å². The first kappa shape index (κ1) is 14.1. The minimum atomic E-state index is -0.448. The monoisotopic (exact) mass is 269 g/mol. The predicted molar refractivity (Wildman–Crippen MR) is 72.2 cm³/mol. The molecule has 2 aliphatic heterocycles. The quantitative estimate of drug-likeness (QED) is 0.766. The standard InChI is InChI=1S/C13H23N3O3/c1-5-18-15-10-6-14-7-13(10)8-16(9-13)11(17)19-12(2,3)4/h14H,5-9H2,1-4H3/b15-10-. The van der Waals surface area contributed by atoms with Gasteiger partial charge in [-0.1, -0.05) is 5.16 Å². The van der Waals surface area contributed by atoms with Crippen LogP contribution < -0.4 is 5.32 Å². The van der Waals surface area contributed by atoms with Crippen molar-refractivity contribution in [1.29, 1.82) is 0 Å². The van der Waals surface area contributed by atoms with Gasteiger partial charge in [0.05, 0.1) is 11.1 Å². The fourth-order valence-corrected chi connectivity index (χ4v) is 2.42. The van der Waals surface area contributed by atoms with E-state index >= 15 is 0 Å². The number of oxime groups is 1. The number of nitrogens with zero attached hydrogens (tertiary/aromatic N) is 2. The van der Waals surface area contributed by atoms with Crippen LogP contribution in [-0.2, 0) is 9.57 Å². The second kappa shape index (κ2) is 5.00. The van der Waals surface area contributed by atoms with Crippen molar-refractivity contribution in [3.8, 4) is 0 Å². The van der Waals surface area contributed by atoms with Gasteiger partial charge in [-0.2, -0.15) is 0 Å². The first-order valence-corrected chi connectivity index (χ1v) is 6.74. The fraction of sp³-hybridized carbons (Fsp3) is 0.846. The predicted octanol–water partition coefficient (Wildman–Crippen LogP) is 1.22. The average Bonchev–Trinajstić information content (AvgIpc) is 2.65. The molecule has 0 aromatic rings. The Kier molecular flexibility index (Phi) is 3.71. The normalized spacial score (nSPS) is 23.6. The summed E-state index contributed by atoms with van der Waals surface area (Å²) in [5.74, 6) is 0. The van der Waals surface area contributed by atoms with Gasteiger partial charge in [0.1, 0.15) is 12.2 Å². The largest absolute Gasteiger partial charge is 0.444 e. The third kappa shape index (κ3) is 3.00. The van der Waals surface area contributed by atoms with E-state index in [1.54, 1.807) is 4.90 Å². The molecule has 1 spiro atoms. The summed E-state index contributed by atoms with van der Waals surface area (Å²) in [7, 11) is 0. The van der Waals surface area contributed by atoms with Gasteiger partial charge in [-0.05, 0) is 27.7 Å². The number of carbonyl (C=O) groups excluding carboxylic acids is 1. The van der Waals surface area contributed by atoms with Crippen molar-refractivity contribution in [2.75, 3.05) is 32.8 Å². The summed E-state index contributed by atoms with van der Waals surface area (Å²) in [6.07, 6.45) is -0.249. The number of nitrogens with one attached hydrogen (secondary N) is 1. The highest BCUT2D eigenvalue weighted by Gasteiger charge is 2.52. The molecular formula is C13H23N3O3. The molecule has 0 atom stereocenters. The van der Waals surface area contributed by atoms with E-state index in [9.17, 15) is 4.79 Å². The van der Waals surface area contributed by atoms with E-state index in [2.05, 4.69) is 10.5 Å². The number of rotatable bonds is 2. The maximum absolute atomic E-state index is 11.9. The maximum atomic E-state index is 11.9. The van der Waals surface area contributed by atoms with E-state index in [1.165, 1.54) is 0 Å². The second-order valence-corrected chi connectivity index (χ2v) is 6.18. The molecule has 19 heavy (non-hydrogen) atoms. The molecule has 0 bridgehead atoms. The molecule has 2 aliphatic rings. The summed E-state index contributed by atoms with van der Waals surface area (Å²) in [5, 5.41) is 7.45. The lowest BCUT2D eigenvalue weighted by molar-refractivity contribution is -0.0110. The highest BCUT2D eigenvalue weighted by molar-refractivity contribution is 5.96. The lowest BCUT2D eigenvalue weighted by atomic mass is 9.78. The van der Waals surface area contributed by atoms with Crippen molar-refractivity contribution < 1.29 is 14.4 Å². The third-order valence-electron chi connectivity index (χ3n) is 3.31. The van der Waals surface area contributed by atoms with E-state index in [1.807, 2.05) is 27.7 Å². The van der Waals surface area contributed by atoms with E-state index in [0.717, 1.165) is 18.8 Å². The number of ether oxygens (including phenoxy) is 1. The summed E-state index contributed by atoms with van der Waals surface area (Å²) in [6, 6.07) is 0. The highest BCUT2D eigenvalue weighted by atomic mass is 16.6. The topological polar surface area (TPSA) is 63.2 Å². The van der Waals surface area contributed by atoms with Gasteiger partial charge in [0.2, 0.25) is 0 Å². The van der Waals surface area contributed by atoms with Gasteiger partial charge in [0.25, 0.3) is 0 Å². The molecule has 2 rings (SSSR count). The van der Waals surface area contributed by atoms with Crippen molar-refractivity contribution in [2.24, 2.45) is 10.6 Å². The molecule has 1 N–H and O–H groups in total. The molecular weight excluding hydrogens is 246 g/mol. The van der Waals surface area contributed by atoms with Crippen molar-refractivity contribution in [3.05, 3.63) is 0 Å². The second-order valence-electron chi connectivity index (χ2n) is 6.18. The Bertz CT molecular complexity index is 381. The summed E-state index contributed by atoms with van der Waals surface area (Å²) < 4.78 is 5.36. The number of amides is 1. The highest BCUT2D eigenvalue weighted by Crippen LogP contribution is 2.35. The minimum Gasteiger partial charge on any atom is -0.444 e. The minimum absolute atomic E-state index is 0.0495. The number of likely N-dealkylation sites (tertiary alicyclic amines) is 1. The molecule has 0 aromatic carbocycles. The third-order valence-corrected chi connectivity index (χ3v) is 3.31. The van der Waals surface area contributed by atoms with Crippen LogP contribution in [0.5, 0.6) is 0 Å². The summed E-state index contributed by atoms with van der Waals surface area (Å²) in [4.78, 5) is 18.8. The zero-order valence-corrected chi connectivity index (χ0v) is 12.2. The molecule has 6 nitrogen and oxygen atoms in total. The van der Waals surface area contributed by atoms with Crippen LogP contribution in [0.25, 0.3) is 0 Å². The first-order chi connectivity index (χ1) is 8.86. The maximum Gasteiger partial charge on any atom is 0.410 e. The van der Waals surface area contributed by atoms with Gasteiger partial charge in [-0.25, -0.2) is 4.79 Å². The Morgan fingerprint density at radius 1 is 1.47 bits per heavy atom. The van der Waals surface area contributed by atoms with Crippen molar-refractivity contribution in [1.82, 2.24) is 10.2 Å². The Hall–Kier alpha value is -1.30. The molecule has 0 aromatic heterocycles.